The first-order chi connectivity index (χ1) is 9.29. The lowest BCUT2D eigenvalue weighted by atomic mass is 10.0. The van der Waals surface area contributed by atoms with Crippen molar-refractivity contribution in [2.75, 3.05) is 6.61 Å². The first kappa shape index (κ1) is 13.3. The highest BCUT2D eigenvalue weighted by atomic mass is 16.5. The van der Waals surface area contributed by atoms with E-state index >= 15 is 0 Å². The van der Waals surface area contributed by atoms with Crippen molar-refractivity contribution in [1.82, 2.24) is 4.98 Å². The van der Waals surface area contributed by atoms with Crippen molar-refractivity contribution in [2.24, 2.45) is 0 Å². The van der Waals surface area contributed by atoms with Gasteiger partial charge in [-0.2, -0.15) is 0 Å². The van der Waals surface area contributed by atoms with Crippen LogP contribution in [0.2, 0.25) is 0 Å². The second-order valence-corrected chi connectivity index (χ2v) is 4.24. The highest BCUT2D eigenvalue weighted by molar-refractivity contribution is 5.96. The van der Waals surface area contributed by atoms with Crippen molar-refractivity contribution < 1.29 is 9.53 Å². The molecule has 1 heterocycles. The Morgan fingerprint density at radius 1 is 1.11 bits per heavy atom. The predicted molar refractivity (Wildman–Crippen MR) is 74.5 cm³/mol. The molecule has 0 fully saturated rings. The molecule has 0 aliphatic carbocycles. The molecule has 0 aliphatic heterocycles. The van der Waals surface area contributed by atoms with E-state index in [0.29, 0.717) is 13.0 Å². The zero-order valence-corrected chi connectivity index (χ0v) is 11.0. The van der Waals surface area contributed by atoms with Gasteiger partial charge in [-0.15, -0.1) is 0 Å². The van der Waals surface area contributed by atoms with Crippen LogP contribution < -0.4 is 4.74 Å². The van der Waals surface area contributed by atoms with E-state index < -0.39 is 0 Å². The standard InChI is InChI=1S/C16H17NO2/c1-2-19-15-6-4-14(5-7-15)16(18)8-3-13-9-11-17-12-10-13/h4-7,9-12H,2-3,8H2,1H3. The molecule has 3 heteroatoms. The number of hydrogen-bond acceptors (Lipinski definition) is 3. The number of carbonyl (C=O) groups is 1. The normalized spacial score (nSPS) is 10.2. The highest BCUT2D eigenvalue weighted by Gasteiger charge is 2.06. The Morgan fingerprint density at radius 2 is 1.79 bits per heavy atom. The summed E-state index contributed by atoms with van der Waals surface area (Å²) >= 11 is 0. The lowest BCUT2D eigenvalue weighted by Crippen LogP contribution is -2.01. The fourth-order valence-corrected chi connectivity index (χ4v) is 1.86. The van der Waals surface area contributed by atoms with Crippen LogP contribution in [0.4, 0.5) is 0 Å². The van der Waals surface area contributed by atoms with E-state index in [4.69, 9.17) is 4.74 Å². The molecule has 0 spiro atoms. The lowest BCUT2D eigenvalue weighted by molar-refractivity contribution is 0.0983. The maximum atomic E-state index is 12.0. The van der Waals surface area contributed by atoms with Crippen LogP contribution in [0.3, 0.4) is 0 Å². The summed E-state index contributed by atoms with van der Waals surface area (Å²) in [5, 5.41) is 0. The number of Topliss-reactive ketones (excluding diaryl/α,β-unsaturated/α-hetero) is 1. The number of aryl methyl sites for hydroxylation is 1. The van der Waals surface area contributed by atoms with Gasteiger partial charge in [-0.05, 0) is 55.3 Å². The number of pyridine rings is 1. The van der Waals surface area contributed by atoms with Gasteiger partial charge >= 0.3 is 0 Å². The minimum atomic E-state index is 0.153. The zero-order valence-electron chi connectivity index (χ0n) is 11.0. The summed E-state index contributed by atoms with van der Waals surface area (Å²) in [5.41, 5.74) is 1.87. The summed E-state index contributed by atoms with van der Waals surface area (Å²) in [5.74, 6) is 0.952. The Morgan fingerprint density at radius 3 is 2.42 bits per heavy atom. The minimum Gasteiger partial charge on any atom is -0.494 e. The van der Waals surface area contributed by atoms with Crippen LogP contribution in [0, 0.1) is 0 Å². The molecule has 0 atom stereocenters. The Hall–Kier alpha value is -2.16. The summed E-state index contributed by atoms with van der Waals surface area (Å²) in [6, 6.07) is 11.2. The van der Waals surface area contributed by atoms with Crippen LogP contribution in [0.1, 0.15) is 29.3 Å². The summed E-state index contributed by atoms with van der Waals surface area (Å²) in [6.45, 7) is 2.57. The van der Waals surface area contributed by atoms with E-state index in [9.17, 15) is 4.79 Å². The van der Waals surface area contributed by atoms with Crippen molar-refractivity contribution in [3.8, 4) is 5.75 Å². The van der Waals surface area contributed by atoms with Crippen LogP contribution in [0.15, 0.2) is 48.8 Å². The highest BCUT2D eigenvalue weighted by Crippen LogP contribution is 2.14. The monoisotopic (exact) mass is 255 g/mol. The van der Waals surface area contributed by atoms with Gasteiger partial charge in [-0.25, -0.2) is 0 Å². The van der Waals surface area contributed by atoms with Gasteiger partial charge in [0.1, 0.15) is 5.75 Å². The summed E-state index contributed by atoms with van der Waals surface area (Å²) in [6.07, 6.45) is 4.75. The maximum Gasteiger partial charge on any atom is 0.163 e. The van der Waals surface area contributed by atoms with E-state index in [1.807, 2.05) is 43.3 Å². The number of hydrogen-bond donors (Lipinski definition) is 0. The molecule has 3 nitrogen and oxygen atoms in total. The maximum absolute atomic E-state index is 12.0. The van der Waals surface area contributed by atoms with Gasteiger partial charge in [-0.1, -0.05) is 0 Å². The quantitative estimate of drug-likeness (QED) is 0.743. The second kappa shape index (κ2) is 6.69. The van der Waals surface area contributed by atoms with E-state index in [1.165, 1.54) is 0 Å². The lowest BCUT2D eigenvalue weighted by Gasteiger charge is -2.04. The van der Waals surface area contributed by atoms with E-state index in [1.54, 1.807) is 12.4 Å². The molecule has 0 N–H and O–H groups in total. The molecule has 98 valence electrons. The molecule has 1 aromatic heterocycles. The predicted octanol–water partition coefficient (Wildman–Crippen LogP) is 3.30. The topological polar surface area (TPSA) is 39.2 Å². The fraction of sp³-hybridized carbons (Fsp3) is 0.250. The van der Waals surface area contributed by atoms with Crippen LogP contribution in [-0.2, 0) is 6.42 Å². The number of aromatic nitrogens is 1. The molecule has 0 amide bonds. The Bertz CT molecular complexity index is 520. The van der Waals surface area contributed by atoms with Gasteiger partial charge < -0.3 is 4.74 Å². The third kappa shape index (κ3) is 3.91. The molecule has 0 radical (unpaired) electrons. The van der Waals surface area contributed by atoms with Crippen molar-refractivity contribution in [2.45, 2.75) is 19.8 Å². The molecular weight excluding hydrogens is 238 g/mol. The minimum absolute atomic E-state index is 0.153. The van der Waals surface area contributed by atoms with Gasteiger partial charge in [0.05, 0.1) is 6.61 Å². The fourth-order valence-electron chi connectivity index (χ4n) is 1.86. The Kier molecular flexibility index (Phi) is 4.67. The average molecular weight is 255 g/mol. The molecule has 0 aliphatic rings. The van der Waals surface area contributed by atoms with Crippen molar-refractivity contribution in [3.63, 3.8) is 0 Å². The SMILES string of the molecule is CCOc1ccc(C(=O)CCc2ccncc2)cc1. The molecule has 0 bridgehead atoms. The summed E-state index contributed by atoms with van der Waals surface area (Å²) in [7, 11) is 0. The molecule has 19 heavy (non-hydrogen) atoms. The van der Waals surface area contributed by atoms with E-state index in [-0.39, 0.29) is 5.78 Å². The van der Waals surface area contributed by atoms with Crippen molar-refractivity contribution in [3.05, 3.63) is 59.9 Å². The summed E-state index contributed by atoms with van der Waals surface area (Å²) in [4.78, 5) is 16.0. The number of nitrogens with zero attached hydrogens (tertiary/aromatic N) is 1. The average Bonchev–Trinajstić information content (AvgIpc) is 2.47. The third-order valence-electron chi connectivity index (χ3n) is 2.88. The van der Waals surface area contributed by atoms with E-state index in [0.717, 1.165) is 23.3 Å². The molecule has 0 saturated heterocycles. The van der Waals surface area contributed by atoms with E-state index in [2.05, 4.69) is 4.98 Å². The molecule has 2 rings (SSSR count). The van der Waals surface area contributed by atoms with Crippen molar-refractivity contribution >= 4 is 5.78 Å². The molecule has 0 saturated carbocycles. The van der Waals surface area contributed by atoms with Gasteiger partial charge in [0.15, 0.2) is 5.78 Å². The van der Waals surface area contributed by atoms with Gasteiger partial charge in [-0.3, -0.25) is 9.78 Å². The molecular formula is C16H17NO2. The molecule has 0 unspecified atom stereocenters. The number of rotatable bonds is 6. The number of ketones is 1. The second-order valence-electron chi connectivity index (χ2n) is 4.24. The van der Waals surface area contributed by atoms with Crippen LogP contribution in [0.25, 0.3) is 0 Å². The molecule has 1 aromatic carbocycles. The molecule has 2 aromatic rings. The smallest absolute Gasteiger partial charge is 0.163 e. The van der Waals surface area contributed by atoms with Crippen molar-refractivity contribution in [1.29, 1.82) is 0 Å². The summed E-state index contributed by atoms with van der Waals surface area (Å²) < 4.78 is 5.35. The largest absolute Gasteiger partial charge is 0.494 e. The Labute approximate surface area is 113 Å². The van der Waals surface area contributed by atoms with Crippen LogP contribution in [-0.4, -0.2) is 17.4 Å². The van der Waals surface area contributed by atoms with Gasteiger partial charge in [0.25, 0.3) is 0 Å². The zero-order chi connectivity index (χ0) is 13.5. The van der Waals surface area contributed by atoms with Gasteiger partial charge in [0, 0.05) is 24.4 Å². The third-order valence-corrected chi connectivity index (χ3v) is 2.88. The number of carbonyl (C=O) groups excluding carboxylic acids is 1. The van der Waals surface area contributed by atoms with Gasteiger partial charge in [0.2, 0.25) is 0 Å². The van der Waals surface area contributed by atoms with Crippen LogP contribution >= 0.6 is 0 Å². The Balaban J connectivity index is 1.92. The number of benzene rings is 1. The first-order valence-corrected chi connectivity index (χ1v) is 6.44. The number of ether oxygens (including phenoxy) is 1. The van der Waals surface area contributed by atoms with Crippen LogP contribution in [0.5, 0.6) is 5.75 Å². The first-order valence-electron chi connectivity index (χ1n) is 6.44.